The number of hydrogen-bond acceptors (Lipinski definition) is 2. The molecule has 0 radical (unpaired) electrons. The number of H-pyrrole nitrogens is 1. The SMILES string of the molecule is CCc1c(-c2cn(C)c3ccccc23)[nH]c(=O)c(C)c1O. The summed E-state index contributed by atoms with van der Waals surface area (Å²) in [5.74, 6) is 0.101. The first-order chi connectivity index (χ1) is 10.0. The summed E-state index contributed by atoms with van der Waals surface area (Å²) in [7, 11) is 1.98. The quantitative estimate of drug-likeness (QED) is 0.758. The molecule has 2 heterocycles. The summed E-state index contributed by atoms with van der Waals surface area (Å²) < 4.78 is 2.03. The van der Waals surface area contributed by atoms with E-state index in [1.54, 1.807) is 6.92 Å². The highest BCUT2D eigenvalue weighted by molar-refractivity contribution is 5.96. The number of nitrogens with one attached hydrogen (secondary N) is 1. The number of aryl methyl sites for hydroxylation is 1. The number of aromatic nitrogens is 2. The van der Waals surface area contributed by atoms with Crippen molar-refractivity contribution < 1.29 is 5.11 Å². The highest BCUT2D eigenvalue weighted by Crippen LogP contribution is 2.34. The van der Waals surface area contributed by atoms with Crippen LogP contribution in [0.2, 0.25) is 0 Å². The van der Waals surface area contributed by atoms with Crippen molar-refractivity contribution in [3.8, 4) is 17.0 Å². The minimum Gasteiger partial charge on any atom is -0.507 e. The van der Waals surface area contributed by atoms with E-state index in [1.807, 2.05) is 49.0 Å². The van der Waals surface area contributed by atoms with Gasteiger partial charge in [-0.1, -0.05) is 25.1 Å². The van der Waals surface area contributed by atoms with Crippen LogP contribution in [0.25, 0.3) is 22.2 Å². The summed E-state index contributed by atoms with van der Waals surface area (Å²) >= 11 is 0. The van der Waals surface area contributed by atoms with E-state index in [-0.39, 0.29) is 11.3 Å². The zero-order valence-corrected chi connectivity index (χ0v) is 12.4. The smallest absolute Gasteiger partial charge is 0.255 e. The number of rotatable bonds is 2. The van der Waals surface area contributed by atoms with Crippen LogP contribution in [0.1, 0.15) is 18.1 Å². The van der Waals surface area contributed by atoms with Crippen LogP contribution in [0.3, 0.4) is 0 Å². The van der Waals surface area contributed by atoms with E-state index < -0.39 is 0 Å². The van der Waals surface area contributed by atoms with Gasteiger partial charge in [0, 0.05) is 35.3 Å². The first-order valence-corrected chi connectivity index (χ1v) is 7.03. The van der Waals surface area contributed by atoms with E-state index in [1.165, 1.54) is 0 Å². The lowest BCUT2D eigenvalue weighted by molar-refractivity contribution is 0.463. The number of nitrogens with zero attached hydrogens (tertiary/aromatic N) is 1. The second kappa shape index (κ2) is 4.81. The van der Waals surface area contributed by atoms with Crippen molar-refractivity contribution in [1.29, 1.82) is 0 Å². The van der Waals surface area contributed by atoms with Crippen LogP contribution in [0.4, 0.5) is 0 Å². The van der Waals surface area contributed by atoms with Crippen molar-refractivity contribution in [2.75, 3.05) is 0 Å². The van der Waals surface area contributed by atoms with Gasteiger partial charge in [-0.05, 0) is 19.4 Å². The summed E-state index contributed by atoms with van der Waals surface area (Å²) in [5.41, 5.74) is 3.65. The molecule has 0 atom stereocenters. The van der Waals surface area contributed by atoms with Crippen LogP contribution < -0.4 is 5.56 Å². The van der Waals surface area contributed by atoms with Gasteiger partial charge in [0.25, 0.3) is 5.56 Å². The Morgan fingerprint density at radius 3 is 2.71 bits per heavy atom. The van der Waals surface area contributed by atoms with Crippen molar-refractivity contribution in [2.24, 2.45) is 7.05 Å². The van der Waals surface area contributed by atoms with Gasteiger partial charge in [-0.3, -0.25) is 4.79 Å². The van der Waals surface area contributed by atoms with E-state index in [0.29, 0.717) is 17.7 Å². The minimum atomic E-state index is -0.243. The number of fused-ring (bicyclic) bond motifs is 1. The fourth-order valence-electron chi connectivity index (χ4n) is 2.85. The summed E-state index contributed by atoms with van der Waals surface area (Å²) in [6.07, 6.45) is 2.64. The Morgan fingerprint density at radius 1 is 1.29 bits per heavy atom. The molecule has 0 unspecified atom stereocenters. The Hall–Kier alpha value is -2.49. The molecule has 0 aliphatic heterocycles. The van der Waals surface area contributed by atoms with Crippen LogP contribution in [-0.2, 0) is 13.5 Å². The molecule has 0 saturated carbocycles. The monoisotopic (exact) mass is 282 g/mol. The number of para-hydroxylation sites is 1. The van der Waals surface area contributed by atoms with Crippen molar-refractivity contribution in [2.45, 2.75) is 20.3 Å². The molecule has 0 amide bonds. The molecule has 21 heavy (non-hydrogen) atoms. The fraction of sp³-hybridized carbons (Fsp3) is 0.235. The number of aromatic hydroxyl groups is 1. The van der Waals surface area contributed by atoms with Gasteiger partial charge in [0.1, 0.15) is 5.75 Å². The van der Waals surface area contributed by atoms with Crippen molar-refractivity contribution in [3.63, 3.8) is 0 Å². The third-order valence-electron chi connectivity index (χ3n) is 4.04. The van der Waals surface area contributed by atoms with E-state index in [0.717, 1.165) is 22.0 Å². The zero-order chi connectivity index (χ0) is 15.1. The second-order valence-corrected chi connectivity index (χ2v) is 5.31. The number of pyridine rings is 1. The Kier molecular flexibility index (Phi) is 3.09. The lowest BCUT2D eigenvalue weighted by Crippen LogP contribution is -2.13. The highest BCUT2D eigenvalue weighted by Gasteiger charge is 2.17. The van der Waals surface area contributed by atoms with E-state index >= 15 is 0 Å². The van der Waals surface area contributed by atoms with Crippen LogP contribution >= 0.6 is 0 Å². The van der Waals surface area contributed by atoms with Gasteiger partial charge in [0.2, 0.25) is 0 Å². The van der Waals surface area contributed by atoms with Gasteiger partial charge in [-0.2, -0.15) is 0 Å². The second-order valence-electron chi connectivity index (χ2n) is 5.31. The van der Waals surface area contributed by atoms with E-state index in [9.17, 15) is 9.90 Å². The van der Waals surface area contributed by atoms with Gasteiger partial charge in [-0.15, -0.1) is 0 Å². The third kappa shape index (κ3) is 1.95. The number of hydrogen-bond donors (Lipinski definition) is 2. The van der Waals surface area contributed by atoms with Gasteiger partial charge in [0.15, 0.2) is 0 Å². The topological polar surface area (TPSA) is 58.0 Å². The Morgan fingerprint density at radius 2 is 2.00 bits per heavy atom. The first-order valence-electron chi connectivity index (χ1n) is 7.03. The molecule has 0 spiro atoms. The maximum Gasteiger partial charge on any atom is 0.255 e. The fourth-order valence-corrected chi connectivity index (χ4v) is 2.85. The molecule has 4 nitrogen and oxygen atoms in total. The molecule has 0 aliphatic rings. The molecular weight excluding hydrogens is 264 g/mol. The van der Waals surface area contributed by atoms with Crippen molar-refractivity contribution >= 4 is 10.9 Å². The standard InChI is InChI=1S/C17H18N2O2/c1-4-11-15(18-17(21)10(2)16(11)20)13-9-19(3)14-8-6-5-7-12(13)14/h5-9H,4H2,1-3H3,(H2,18,20,21). The maximum absolute atomic E-state index is 12.0. The maximum atomic E-state index is 12.0. The van der Waals surface area contributed by atoms with Crippen LogP contribution in [0.15, 0.2) is 35.3 Å². The largest absolute Gasteiger partial charge is 0.507 e. The van der Waals surface area contributed by atoms with Gasteiger partial charge < -0.3 is 14.7 Å². The lowest BCUT2D eigenvalue weighted by atomic mass is 10.0. The summed E-state index contributed by atoms with van der Waals surface area (Å²) in [4.78, 5) is 15.0. The summed E-state index contributed by atoms with van der Waals surface area (Å²) in [6, 6.07) is 8.03. The normalized spacial score (nSPS) is 11.2. The number of aromatic amines is 1. The van der Waals surface area contributed by atoms with Crippen LogP contribution in [-0.4, -0.2) is 14.7 Å². The van der Waals surface area contributed by atoms with Crippen LogP contribution in [0.5, 0.6) is 5.75 Å². The van der Waals surface area contributed by atoms with Gasteiger partial charge in [-0.25, -0.2) is 0 Å². The molecule has 0 bridgehead atoms. The third-order valence-corrected chi connectivity index (χ3v) is 4.04. The zero-order valence-electron chi connectivity index (χ0n) is 12.4. The van der Waals surface area contributed by atoms with Gasteiger partial charge >= 0.3 is 0 Å². The highest BCUT2D eigenvalue weighted by atomic mass is 16.3. The molecule has 3 rings (SSSR count). The first kappa shape index (κ1) is 13.5. The average Bonchev–Trinajstić information content (AvgIpc) is 2.82. The van der Waals surface area contributed by atoms with E-state index in [2.05, 4.69) is 4.98 Å². The predicted molar refractivity (Wildman–Crippen MR) is 84.8 cm³/mol. The predicted octanol–water partition coefficient (Wildman–Crippen LogP) is 3.11. The molecule has 4 heteroatoms. The molecule has 2 aromatic heterocycles. The molecule has 0 aliphatic carbocycles. The van der Waals surface area contributed by atoms with Gasteiger partial charge in [0.05, 0.1) is 11.3 Å². The number of benzene rings is 1. The Bertz CT molecular complexity index is 888. The molecular formula is C17H18N2O2. The summed E-state index contributed by atoms with van der Waals surface area (Å²) in [5, 5.41) is 11.3. The van der Waals surface area contributed by atoms with Crippen molar-refractivity contribution in [3.05, 3.63) is 51.9 Å². The Balaban J connectivity index is 2.41. The van der Waals surface area contributed by atoms with Crippen LogP contribution in [0, 0.1) is 6.92 Å². The molecule has 0 saturated heterocycles. The van der Waals surface area contributed by atoms with E-state index in [4.69, 9.17) is 0 Å². The lowest BCUT2D eigenvalue weighted by Gasteiger charge is -2.11. The summed E-state index contributed by atoms with van der Waals surface area (Å²) in [6.45, 7) is 3.61. The molecule has 1 aromatic carbocycles. The minimum absolute atomic E-state index is 0.101. The van der Waals surface area contributed by atoms with Crippen molar-refractivity contribution in [1.82, 2.24) is 9.55 Å². The molecule has 2 N–H and O–H groups in total. The molecule has 3 aromatic rings. The molecule has 0 fully saturated rings. The average molecular weight is 282 g/mol. The Labute approximate surface area is 122 Å². The molecule has 108 valence electrons.